The molecular weight excluding hydrogens is 256 g/mol. The van der Waals surface area contributed by atoms with E-state index in [2.05, 4.69) is 24.8 Å². The van der Waals surface area contributed by atoms with Gasteiger partial charge in [-0.15, -0.1) is 11.3 Å². The predicted molar refractivity (Wildman–Crippen MR) is 80.6 cm³/mol. The average Bonchev–Trinajstić information content (AvgIpc) is 3.07. The second-order valence-electron chi connectivity index (χ2n) is 5.21. The minimum Gasteiger partial charge on any atom is -0.335 e. The highest BCUT2D eigenvalue weighted by Gasteiger charge is 2.34. The van der Waals surface area contributed by atoms with Crippen LogP contribution in [0.2, 0.25) is 0 Å². The highest BCUT2D eigenvalue weighted by Crippen LogP contribution is 2.31. The second kappa shape index (κ2) is 6.53. The molecule has 2 N–H and O–H groups in total. The first kappa shape index (κ1) is 14.5. The molecule has 2 unspecified atom stereocenters. The number of aryl methyl sites for hydroxylation is 1. The molecule has 1 fully saturated rings. The van der Waals surface area contributed by atoms with Crippen LogP contribution < -0.4 is 5.73 Å². The molecule has 0 saturated heterocycles. The maximum atomic E-state index is 12.8. The molecule has 4 heteroatoms. The maximum absolute atomic E-state index is 12.8. The smallest absolute Gasteiger partial charge is 0.264 e. The van der Waals surface area contributed by atoms with Crippen LogP contribution in [-0.4, -0.2) is 29.9 Å². The standard InChI is InChI=1S/C15H24N2OS/c1-3-11-8-9-19-14(11)15(18)17(4-2)13-7-5-6-12(13)10-16/h8-9,12-13H,3-7,10,16H2,1-2H3. The van der Waals surface area contributed by atoms with Gasteiger partial charge in [-0.1, -0.05) is 13.3 Å². The van der Waals surface area contributed by atoms with E-state index in [9.17, 15) is 4.79 Å². The van der Waals surface area contributed by atoms with Crippen molar-refractivity contribution >= 4 is 17.2 Å². The average molecular weight is 280 g/mol. The van der Waals surface area contributed by atoms with Crippen molar-refractivity contribution in [1.82, 2.24) is 4.90 Å². The van der Waals surface area contributed by atoms with Crippen molar-refractivity contribution in [3.8, 4) is 0 Å². The Kier molecular flexibility index (Phi) is 4.99. The molecule has 1 aromatic heterocycles. The molecule has 0 spiro atoms. The third-order valence-corrected chi connectivity index (χ3v) is 5.19. The molecule has 0 aliphatic heterocycles. The molecule has 0 bridgehead atoms. The zero-order valence-corrected chi connectivity index (χ0v) is 12.7. The number of carbonyl (C=O) groups excluding carboxylic acids is 1. The summed E-state index contributed by atoms with van der Waals surface area (Å²) in [6, 6.07) is 2.41. The Bertz CT molecular complexity index is 430. The van der Waals surface area contributed by atoms with Gasteiger partial charge >= 0.3 is 0 Å². The van der Waals surface area contributed by atoms with Crippen LogP contribution in [0.25, 0.3) is 0 Å². The van der Waals surface area contributed by atoms with E-state index in [0.29, 0.717) is 18.5 Å². The summed E-state index contributed by atoms with van der Waals surface area (Å²) in [5.74, 6) is 0.689. The first-order valence-electron chi connectivity index (χ1n) is 7.30. The van der Waals surface area contributed by atoms with Crippen molar-refractivity contribution in [2.45, 2.75) is 45.6 Å². The SMILES string of the molecule is CCc1ccsc1C(=O)N(CC)C1CCCC1CN. The molecule has 0 aromatic carbocycles. The van der Waals surface area contributed by atoms with Crippen LogP contribution in [0, 0.1) is 5.92 Å². The molecule has 1 saturated carbocycles. The lowest BCUT2D eigenvalue weighted by molar-refractivity contribution is 0.0656. The summed E-state index contributed by atoms with van der Waals surface area (Å²) in [4.78, 5) is 15.7. The van der Waals surface area contributed by atoms with Crippen molar-refractivity contribution in [2.24, 2.45) is 11.7 Å². The van der Waals surface area contributed by atoms with Gasteiger partial charge in [0.25, 0.3) is 5.91 Å². The van der Waals surface area contributed by atoms with Gasteiger partial charge in [-0.25, -0.2) is 0 Å². The molecule has 3 nitrogen and oxygen atoms in total. The Morgan fingerprint density at radius 2 is 2.26 bits per heavy atom. The first-order valence-corrected chi connectivity index (χ1v) is 8.18. The van der Waals surface area contributed by atoms with Crippen LogP contribution in [0.1, 0.15) is 48.3 Å². The zero-order valence-electron chi connectivity index (χ0n) is 11.9. The highest BCUT2D eigenvalue weighted by atomic mass is 32.1. The molecule has 1 heterocycles. The minimum absolute atomic E-state index is 0.208. The first-order chi connectivity index (χ1) is 9.22. The van der Waals surface area contributed by atoms with Gasteiger partial charge in [0.1, 0.15) is 0 Å². The fourth-order valence-electron chi connectivity index (χ4n) is 3.16. The lowest BCUT2D eigenvalue weighted by atomic mass is 10.0. The molecule has 106 valence electrons. The molecule has 1 aliphatic rings. The number of nitrogens with two attached hydrogens (primary N) is 1. The molecule has 0 radical (unpaired) electrons. The lowest BCUT2D eigenvalue weighted by Crippen LogP contribution is -2.44. The molecule has 1 aromatic rings. The minimum atomic E-state index is 0.208. The van der Waals surface area contributed by atoms with E-state index in [0.717, 1.165) is 30.7 Å². The summed E-state index contributed by atoms with van der Waals surface area (Å²) < 4.78 is 0. The largest absolute Gasteiger partial charge is 0.335 e. The monoisotopic (exact) mass is 280 g/mol. The molecule has 2 atom stereocenters. The van der Waals surface area contributed by atoms with Gasteiger partial charge in [0.05, 0.1) is 4.88 Å². The van der Waals surface area contributed by atoms with Crippen molar-refractivity contribution in [3.63, 3.8) is 0 Å². The summed E-state index contributed by atoms with van der Waals surface area (Å²) in [5, 5.41) is 2.02. The maximum Gasteiger partial charge on any atom is 0.264 e. The highest BCUT2D eigenvalue weighted by molar-refractivity contribution is 7.12. The van der Waals surface area contributed by atoms with E-state index < -0.39 is 0 Å². The van der Waals surface area contributed by atoms with E-state index in [-0.39, 0.29) is 5.91 Å². The number of rotatable bonds is 5. The second-order valence-corrected chi connectivity index (χ2v) is 6.13. The van der Waals surface area contributed by atoms with Crippen LogP contribution in [0.15, 0.2) is 11.4 Å². The third-order valence-electron chi connectivity index (χ3n) is 4.25. The van der Waals surface area contributed by atoms with Crippen molar-refractivity contribution in [1.29, 1.82) is 0 Å². The third kappa shape index (κ3) is 2.84. The quantitative estimate of drug-likeness (QED) is 0.901. The summed E-state index contributed by atoms with van der Waals surface area (Å²) >= 11 is 1.57. The Morgan fingerprint density at radius 3 is 2.89 bits per heavy atom. The van der Waals surface area contributed by atoms with Crippen LogP contribution >= 0.6 is 11.3 Å². The molecule has 1 aliphatic carbocycles. The summed E-state index contributed by atoms with van der Waals surface area (Å²) in [6.45, 7) is 5.65. The van der Waals surface area contributed by atoms with Crippen molar-refractivity contribution in [3.05, 3.63) is 21.9 Å². The number of thiophene rings is 1. The van der Waals surface area contributed by atoms with Gasteiger partial charge < -0.3 is 10.6 Å². The predicted octanol–water partition coefficient (Wildman–Crippen LogP) is 2.90. The summed E-state index contributed by atoms with van der Waals surface area (Å²) in [6.07, 6.45) is 4.39. The number of nitrogens with zero attached hydrogens (tertiary/aromatic N) is 1. The Balaban J connectivity index is 2.19. The van der Waals surface area contributed by atoms with E-state index in [1.165, 1.54) is 12.0 Å². The van der Waals surface area contributed by atoms with Gasteiger partial charge in [0, 0.05) is 12.6 Å². The van der Waals surface area contributed by atoms with E-state index >= 15 is 0 Å². The van der Waals surface area contributed by atoms with Crippen molar-refractivity contribution < 1.29 is 4.79 Å². The summed E-state index contributed by atoms with van der Waals surface area (Å²) in [5.41, 5.74) is 7.03. The van der Waals surface area contributed by atoms with Crippen LogP contribution in [0.5, 0.6) is 0 Å². The molecule has 2 rings (SSSR count). The molecule has 1 amide bonds. The van der Waals surface area contributed by atoms with E-state index in [4.69, 9.17) is 5.73 Å². The van der Waals surface area contributed by atoms with E-state index in [1.54, 1.807) is 11.3 Å². The number of hydrogen-bond donors (Lipinski definition) is 1. The van der Waals surface area contributed by atoms with Crippen molar-refractivity contribution in [2.75, 3.05) is 13.1 Å². The van der Waals surface area contributed by atoms with E-state index in [1.807, 2.05) is 5.38 Å². The van der Waals surface area contributed by atoms with Gasteiger partial charge in [0.15, 0.2) is 0 Å². The van der Waals surface area contributed by atoms with Gasteiger partial charge in [-0.3, -0.25) is 4.79 Å². The van der Waals surface area contributed by atoms with Gasteiger partial charge in [-0.2, -0.15) is 0 Å². The van der Waals surface area contributed by atoms with Crippen LogP contribution in [0.4, 0.5) is 0 Å². The topological polar surface area (TPSA) is 46.3 Å². The van der Waals surface area contributed by atoms with Gasteiger partial charge in [-0.05, 0) is 55.7 Å². The van der Waals surface area contributed by atoms with Crippen LogP contribution in [0.3, 0.4) is 0 Å². The Hall–Kier alpha value is -0.870. The number of carbonyl (C=O) groups is 1. The summed E-state index contributed by atoms with van der Waals surface area (Å²) in [7, 11) is 0. The van der Waals surface area contributed by atoms with Crippen LogP contribution in [-0.2, 0) is 6.42 Å². The molecular formula is C15H24N2OS. The Morgan fingerprint density at radius 1 is 1.47 bits per heavy atom. The lowest BCUT2D eigenvalue weighted by Gasteiger charge is -2.31. The normalized spacial score (nSPS) is 22.7. The zero-order chi connectivity index (χ0) is 13.8. The molecule has 19 heavy (non-hydrogen) atoms. The number of hydrogen-bond acceptors (Lipinski definition) is 3. The fourth-order valence-corrected chi connectivity index (χ4v) is 4.11. The number of amides is 1. The van der Waals surface area contributed by atoms with Gasteiger partial charge in [0.2, 0.25) is 0 Å². The Labute approximate surface area is 119 Å². The fraction of sp³-hybridized carbons (Fsp3) is 0.667.